The Bertz CT molecular complexity index is 683. The van der Waals surface area contributed by atoms with Crippen LogP contribution in [0, 0.1) is 6.92 Å². The molecule has 3 N–H and O–H groups in total. The number of hydrogen-bond acceptors (Lipinski definition) is 5. The lowest BCUT2D eigenvalue weighted by Gasteiger charge is -2.35. The van der Waals surface area contributed by atoms with Crippen LogP contribution in [-0.4, -0.2) is 29.6 Å². The van der Waals surface area contributed by atoms with E-state index in [-0.39, 0.29) is 0 Å². The van der Waals surface area contributed by atoms with Gasteiger partial charge in [0.15, 0.2) is 0 Å². The number of nitrogen functional groups attached to an aromatic ring is 1. The van der Waals surface area contributed by atoms with E-state index < -0.39 is 0 Å². The van der Waals surface area contributed by atoms with Crippen LogP contribution in [0.1, 0.15) is 42.6 Å². The van der Waals surface area contributed by atoms with Crippen molar-refractivity contribution in [2.75, 3.05) is 30.3 Å². The highest BCUT2D eigenvalue weighted by molar-refractivity contribution is 5.46. The van der Waals surface area contributed by atoms with Gasteiger partial charge in [0.1, 0.15) is 5.82 Å². The van der Waals surface area contributed by atoms with Gasteiger partial charge < -0.3 is 16.0 Å². The maximum Gasteiger partial charge on any atom is 0.222 e. The molecule has 2 aromatic rings. The van der Waals surface area contributed by atoms with Crippen LogP contribution in [0.25, 0.3) is 0 Å². The summed E-state index contributed by atoms with van der Waals surface area (Å²) >= 11 is 0. The Balaban J connectivity index is 1.85. The summed E-state index contributed by atoms with van der Waals surface area (Å²) in [6, 6.07) is 10.9. The van der Waals surface area contributed by atoms with Crippen LogP contribution in [0.2, 0.25) is 0 Å². The van der Waals surface area contributed by atoms with Crippen molar-refractivity contribution in [1.82, 2.24) is 15.3 Å². The van der Waals surface area contributed by atoms with E-state index in [4.69, 9.17) is 5.73 Å². The molecule has 3 rings (SSSR count). The number of nitrogens with zero attached hydrogens (tertiary/aromatic N) is 3. The first-order valence-corrected chi connectivity index (χ1v) is 8.23. The van der Waals surface area contributed by atoms with Crippen LogP contribution in [0.4, 0.5) is 11.8 Å². The zero-order chi connectivity index (χ0) is 16.4. The molecular formula is C18H25N5. The molecule has 1 atom stereocenters. The topological polar surface area (TPSA) is 67.1 Å². The van der Waals surface area contributed by atoms with Crippen LogP contribution in [0.5, 0.6) is 0 Å². The summed E-state index contributed by atoms with van der Waals surface area (Å²) in [5.41, 5.74) is 9.57. The van der Waals surface area contributed by atoms with Gasteiger partial charge >= 0.3 is 0 Å². The number of aryl methyl sites for hydroxylation is 1. The Kier molecular flexibility index (Phi) is 4.48. The second-order valence-corrected chi connectivity index (χ2v) is 6.47. The summed E-state index contributed by atoms with van der Waals surface area (Å²) in [4.78, 5) is 11.1. The Morgan fingerprint density at radius 2 is 2.04 bits per heavy atom. The largest absolute Gasteiger partial charge is 0.368 e. The number of nitrogens with two attached hydrogens (primary N) is 1. The zero-order valence-corrected chi connectivity index (χ0v) is 14.1. The fraction of sp³-hybridized carbons (Fsp3) is 0.444. The smallest absolute Gasteiger partial charge is 0.222 e. The van der Waals surface area contributed by atoms with E-state index in [1.165, 1.54) is 11.1 Å². The van der Waals surface area contributed by atoms with Crippen molar-refractivity contribution in [3.63, 3.8) is 0 Å². The number of hydrogen-bond donors (Lipinski definition) is 2. The Morgan fingerprint density at radius 3 is 2.78 bits per heavy atom. The number of rotatable bonds is 3. The Hall–Kier alpha value is -2.14. The van der Waals surface area contributed by atoms with Gasteiger partial charge in [0, 0.05) is 25.7 Å². The van der Waals surface area contributed by atoms with Gasteiger partial charge in [0.25, 0.3) is 0 Å². The minimum atomic E-state index is 0.309. The van der Waals surface area contributed by atoms with Crippen molar-refractivity contribution >= 4 is 11.8 Å². The van der Waals surface area contributed by atoms with Crippen molar-refractivity contribution in [1.29, 1.82) is 0 Å². The molecule has 1 unspecified atom stereocenters. The van der Waals surface area contributed by atoms with Gasteiger partial charge in [-0.15, -0.1) is 0 Å². The molecular weight excluding hydrogens is 286 g/mol. The molecule has 0 spiro atoms. The molecule has 0 amide bonds. The summed E-state index contributed by atoms with van der Waals surface area (Å²) in [6.45, 7) is 9.16. The summed E-state index contributed by atoms with van der Waals surface area (Å²) in [7, 11) is 0. The van der Waals surface area contributed by atoms with Crippen LogP contribution in [0.15, 0.2) is 30.3 Å². The third-order valence-corrected chi connectivity index (χ3v) is 4.40. The molecule has 122 valence electrons. The highest BCUT2D eigenvalue weighted by Gasteiger charge is 2.23. The van der Waals surface area contributed by atoms with E-state index in [1.54, 1.807) is 0 Å². The first-order chi connectivity index (χ1) is 11.0. The monoisotopic (exact) mass is 311 g/mol. The van der Waals surface area contributed by atoms with Crippen molar-refractivity contribution in [3.05, 3.63) is 47.2 Å². The number of aromatic nitrogens is 2. The predicted octanol–water partition coefficient (Wildman–Crippen LogP) is 2.64. The maximum absolute atomic E-state index is 5.91. The molecule has 1 aromatic carbocycles. The summed E-state index contributed by atoms with van der Waals surface area (Å²) in [5.74, 6) is 1.63. The van der Waals surface area contributed by atoms with Crippen LogP contribution in [-0.2, 0) is 0 Å². The van der Waals surface area contributed by atoms with E-state index in [0.29, 0.717) is 17.9 Å². The molecule has 1 aromatic heterocycles. The minimum absolute atomic E-state index is 0.309. The van der Waals surface area contributed by atoms with Gasteiger partial charge in [-0.05, 0) is 24.0 Å². The lowest BCUT2D eigenvalue weighted by Crippen LogP contribution is -2.46. The number of anilines is 2. The Morgan fingerprint density at radius 1 is 1.26 bits per heavy atom. The van der Waals surface area contributed by atoms with Gasteiger partial charge in [0.05, 0.1) is 11.7 Å². The Labute approximate surface area is 137 Å². The quantitative estimate of drug-likeness (QED) is 0.912. The zero-order valence-electron chi connectivity index (χ0n) is 14.1. The summed E-state index contributed by atoms with van der Waals surface area (Å²) in [5, 5.41) is 3.61. The summed E-state index contributed by atoms with van der Waals surface area (Å²) in [6.07, 6.45) is 0. The third kappa shape index (κ3) is 3.45. The lowest BCUT2D eigenvalue weighted by atomic mass is 9.99. The molecule has 0 aliphatic carbocycles. The second-order valence-electron chi connectivity index (χ2n) is 6.47. The molecule has 0 bridgehead atoms. The van der Waals surface area contributed by atoms with Crippen molar-refractivity contribution in [3.8, 4) is 0 Å². The predicted molar refractivity (Wildman–Crippen MR) is 94.7 cm³/mol. The highest BCUT2D eigenvalue weighted by atomic mass is 15.3. The standard InChI is InChI=1S/C18H25N5/c1-12(2)15-10-17(22-18(19)21-15)23-9-8-20-16(11-23)14-7-5-4-6-13(14)3/h4-7,10,12,16,20H,8-9,11H2,1-3H3,(H2,19,21,22). The molecule has 2 heterocycles. The average molecular weight is 311 g/mol. The average Bonchev–Trinajstić information content (AvgIpc) is 2.55. The summed E-state index contributed by atoms with van der Waals surface area (Å²) < 4.78 is 0. The van der Waals surface area contributed by atoms with E-state index in [1.807, 2.05) is 0 Å². The van der Waals surface area contributed by atoms with Gasteiger partial charge in [-0.3, -0.25) is 0 Å². The molecule has 1 saturated heterocycles. The van der Waals surface area contributed by atoms with Gasteiger partial charge in [-0.25, -0.2) is 4.98 Å². The van der Waals surface area contributed by atoms with Gasteiger partial charge in [-0.1, -0.05) is 38.1 Å². The molecule has 0 radical (unpaired) electrons. The second kappa shape index (κ2) is 6.54. The molecule has 0 saturated carbocycles. The molecule has 1 fully saturated rings. The van der Waals surface area contributed by atoms with Crippen LogP contribution in [0.3, 0.4) is 0 Å². The normalized spacial score (nSPS) is 18.4. The number of piperazine rings is 1. The molecule has 1 aliphatic rings. The van der Waals surface area contributed by atoms with Crippen molar-refractivity contribution < 1.29 is 0 Å². The fourth-order valence-electron chi connectivity index (χ4n) is 3.07. The van der Waals surface area contributed by atoms with Crippen molar-refractivity contribution in [2.45, 2.75) is 32.7 Å². The van der Waals surface area contributed by atoms with Crippen LogP contribution < -0.4 is 16.0 Å². The molecule has 23 heavy (non-hydrogen) atoms. The number of benzene rings is 1. The van der Waals surface area contributed by atoms with Crippen LogP contribution >= 0.6 is 0 Å². The van der Waals surface area contributed by atoms with E-state index >= 15 is 0 Å². The first-order valence-electron chi connectivity index (χ1n) is 8.23. The van der Waals surface area contributed by atoms with E-state index in [2.05, 4.69) is 71.3 Å². The number of nitrogens with one attached hydrogen (secondary N) is 1. The maximum atomic E-state index is 5.91. The molecule has 5 heteroatoms. The van der Waals surface area contributed by atoms with E-state index in [9.17, 15) is 0 Å². The third-order valence-electron chi connectivity index (χ3n) is 4.40. The highest BCUT2D eigenvalue weighted by Crippen LogP contribution is 2.25. The SMILES string of the molecule is Cc1ccccc1C1CN(c2cc(C(C)C)nc(N)n2)CCN1. The van der Waals surface area contributed by atoms with Gasteiger partial charge in [-0.2, -0.15) is 4.98 Å². The minimum Gasteiger partial charge on any atom is -0.368 e. The van der Waals surface area contributed by atoms with Crippen molar-refractivity contribution in [2.24, 2.45) is 0 Å². The molecule has 1 aliphatic heterocycles. The van der Waals surface area contributed by atoms with Gasteiger partial charge in [0.2, 0.25) is 5.95 Å². The van der Waals surface area contributed by atoms with E-state index in [0.717, 1.165) is 31.1 Å². The lowest BCUT2D eigenvalue weighted by molar-refractivity contribution is 0.468. The molecule has 5 nitrogen and oxygen atoms in total. The first kappa shape index (κ1) is 15.7. The fourth-order valence-corrected chi connectivity index (χ4v) is 3.07.